The molecule has 1 aliphatic rings. The number of aliphatic hydroxyl groups is 2. The molecule has 0 bridgehead atoms. The second kappa shape index (κ2) is 12.6. The fraction of sp³-hybridized carbons (Fsp3) is 0.536. The molecule has 1 fully saturated rings. The predicted molar refractivity (Wildman–Crippen MR) is 146 cm³/mol. The van der Waals surface area contributed by atoms with Crippen LogP contribution in [-0.2, 0) is 10.3 Å². The van der Waals surface area contributed by atoms with Crippen LogP contribution < -0.4 is 10.6 Å². The molecule has 210 valence electrons. The number of nitrogens with one attached hydrogen (secondary N) is 2. The normalized spacial score (nSPS) is 23.0. The molecule has 1 amide bonds. The monoisotopic (exact) mass is 571 g/mol. The summed E-state index contributed by atoms with van der Waals surface area (Å²) in [6, 6.07) is 8.86. The highest BCUT2D eigenvalue weighted by Crippen LogP contribution is 2.52. The van der Waals surface area contributed by atoms with Gasteiger partial charge in [0.1, 0.15) is 11.6 Å². The van der Waals surface area contributed by atoms with E-state index in [-0.39, 0.29) is 54.0 Å². The van der Waals surface area contributed by atoms with Crippen LogP contribution in [0.5, 0.6) is 0 Å². The van der Waals surface area contributed by atoms with E-state index in [2.05, 4.69) is 31.4 Å². The number of carbonyl (C=O) groups excluding carboxylic acids is 1. The summed E-state index contributed by atoms with van der Waals surface area (Å²) in [6.45, 7) is 6.23. The first kappa shape index (κ1) is 30.7. The Hall–Kier alpha value is -1.81. The summed E-state index contributed by atoms with van der Waals surface area (Å²) < 4.78 is 31.2. The largest absolute Gasteiger partial charge is 0.394 e. The molecule has 1 saturated heterocycles. The molecule has 0 spiro atoms. The van der Waals surface area contributed by atoms with Crippen LogP contribution in [0.15, 0.2) is 36.4 Å². The van der Waals surface area contributed by atoms with Crippen molar-refractivity contribution in [2.45, 2.75) is 57.2 Å². The van der Waals surface area contributed by atoms with Crippen LogP contribution in [-0.4, -0.2) is 66.5 Å². The third-order valence-electron chi connectivity index (χ3n) is 7.24. The van der Waals surface area contributed by atoms with Crippen molar-refractivity contribution in [2.24, 2.45) is 5.41 Å². The number of aliphatic hydroxyl groups excluding tert-OH is 2. The van der Waals surface area contributed by atoms with Gasteiger partial charge in [0.15, 0.2) is 0 Å². The smallest absolute Gasteiger partial charge is 0.234 e. The minimum absolute atomic E-state index is 0.0205. The summed E-state index contributed by atoms with van der Waals surface area (Å²) in [5.41, 5.74) is -0.691. The number of likely N-dealkylation sites (tertiary alicyclic amines) is 1. The van der Waals surface area contributed by atoms with Crippen LogP contribution in [0.25, 0.3) is 0 Å². The molecule has 4 atom stereocenters. The van der Waals surface area contributed by atoms with E-state index in [0.717, 1.165) is 0 Å². The third kappa shape index (κ3) is 6.66. The molecule has 1 heterocycles. The average Bonchev–Trinajstić information content (AvgIpc) is 3.12. The molecule has 2 aromatic rings. The Morgan fingerprint density at radius 3 is 2.55 bits per heavy atom. The van der Waals surface area contributed by atoms with E-state index >= 15 is 8.78 Å². The lowest BCUT2D eigenvalue weighted by atomic mass is 9.69. The van der Waals surface area contributed by atoms with Crippen molar-refractivity contribution in [3.63, 3.8) is 0 Å². The second-order valence-corrected chi connectivity index (χ2v) is 12.0. The predicted octanol–water partition coefficient (Wildman–Crippen LogP) is 4.45. The van der Waals surface area contributed by atoms with Crippen molar-refractivity contribution in [1.82, 2.24) is 15.5 Å². The minimum Gasteiger partial charge on any atom is -0.394 e. The Labute approximate surface area is 233 Å². The van der Waals surface area contributed by atoms with Gasteiger partial charge < -0.3 is 20.8 Å². The molecule has 0 aromatic heterocycles. The molecule has 1 aliphatic heterocycles. The Kier molecular flexibility index (Phi) is 10.2. The zero-order chi connectivity index (χ0) is 28.3. The second-order valence-electron chi connectivity index (χ2n) is 11.1. The maximum atomic E-state index is 15.7. The van der Waals surface area contributed by atoms with E-state index in [1.54, 1.807) is 31.3 Å². The van der Waals surface area contributed by atoms with Crippen molar-refractivity contribution in [3.05, 3.63) is 69.2 Å². The van der Waals surface area contributed by atoms with Gasteiger partial charge in [0.25, 0.3) is 0 Å². The van der Waals surface area contributed by atoms with E-state index in [4.69, 9.17) is 28.3 Å². The molecule has 38 heavy (non-hydrogen) atoms. The lowest BCUT2D eigenvalue weighted by molar-refractivity contribution is -0.122. The summed E-state index contributed by atoms with van der Waals surface area (Å²) in [5, 5.41) is 25.0. The van der Waals surface area contributed by atoms with E-state index in [1.807, 2.05) is 4.90 Å². The number of hydrogen-bond acceptors (Lipinski definition) is 5. The van der Waals surface area contributed by atoms with Crippen molar-refractivity contribution in [2.75, 3.05) is 33.3 Å². The lowest BCUT2D eigenvalue weighted by Gasteiger charge is -2.44. The molecule has 0 aliphatic carbocycles. The number of likely N-dealkylation sites (N-methyl/N-ethyl adjacent to an activating group) is 1. The average molecular weight is 573 g/mol. The van der Waals surface area contributed by atoms with Gasteiger partial charge in [-0.25, -0.2) is 8.78 Å². The highest BCUT2D eigenvalue weighted by molar-refractivity contribution is 6.31. The van der Waals surface area contributed by atoms with E-state index in [0.29, 0.717) is 17.5 Å². The number of benzene rings is 2. The number of rotatable bonds is 10. The number of nitrogens with zero attached hydrogens (tertiary/aromatic N) is 1. The van der Waals surface area contributed by atoms with Crippen LogP contribution in [0, 0.1) is 17.0 Å². The van der Waals surface area contributed by atoms with Crippen LogP contribution in [0.4, 0.5) is 8.78 Å². The van der Waals surface area contributed by atoms with Gasteiger partial charge in [-0.3, -0.25) is 9.69 Å². The standard InChI is InChI=1S/C28H37Cl2F2N3O3/c1-27(2,3)13-24-28(33-4,20-9-8-17(29)12-23(20)31)21(19-6-5-7-22(30)26(19)32)14-35(24)15-25(38)34-11-10-18(37)16-36/h5-9,12,18,21,24,33,36-37H,10-11,13-16H2,1-4H3,(H,34,38)/t18-,21+,24-,28-/m0/s1. The first-order valence-corrected chi connectivity index (χ1v) is 13.5. The van der Waals surface area contributed by atoms with Gasteiger partial charge in [-0.05, 0) is 49.1 Å². The summed E-state index contributed by atoms with van der Waals surface area (Å²) in [6.07, 6.45) is -0.151. The summed E-state index contributed by atoms with van der Waals surface area (Å²) in [7, 11) is 1.72. The van der Waals surface area contributed by atoms with Crippen molar-refractivity contribution < 1.29 is 23.8 Å². The lowest BCUT2D eigenvalue weighted by Crippen LogP contribution is -2.55. The van der Waals surface area contributed by atoms with E-state index in [9.17, 15) is 9.90 Å². The number of carbonyl (C=O) groups is 1. The quantitative estimate of drug-likeness (QED) is 0.338. The van der Waals surface area contributed by atoms with Gasteiger partial charge >= 0.3 is 0 Å². The summed E-state index contributed by atoms with van der Waals surface area (Å²) >= 11 is 12.3. The van der Waals surface area contributed by atoms with Crippen molar-refractivity contribution in [3.8, 4) is 0 Å². The van der Waals surface area contributed by atoms with Crippen LogP contribution in [0.3, 0.4) is 0 Å². The molecule has 0 saturated carbocycles. The highest BCUT2D eigenvalue weighted by atomic mass is 35.5. The number of hydrogen-bond donors (Lipinski definition) is 4. The fourth-order valence-electron chi connectivity index (χ4n) is 5.58. The molecular formula is C28H37Cl2F2N3O3. The topological polar surface area (TPSA) is 84.8 Å². The van der Waals surface area contributed by atoms with Gasteiger partial charge in [-0.15, -0.1) is 0 Å². The van der Waals surface area contributed by atoms with Gasteiger partial charge in [-0.1, -0.05) is 62.2 Å². The molecule has 3 rings (SSSR count). The molecular weight excluding hydrogens is 535 g/mol. The van der Waals surface area contributed by atoms with Crippen LogP contribution in [0.1, 0.15) is 50.7 Å². The molecule has 6 nitrogen and oxygen atoms in total. The number of amides is 1. The Bertz CT molecular complexity index is 1130. The third-order valence-corrected chi connectivity index (χ3v) is 7.77. The molecule has 4 N–H and O–H groups in total. The minimum atomic E-state index is -1.12. The Morgan fingerprint density at radius 2 is 1.95 bits per heavy atom. The Morgan fingerprint density at radius 1 is 1.24 bits per heavy atom. The summed E-state index contributed by atoms with van der Waals surface area (Å²) in [4.78, 5) is 14.9. The first-order chi connectivity index (χ1) is 17.8. The maximum absolute atomic E-state index is 15.7. The van der Waals surface area contributed by atoms with Crippen molar-refractivity contribution >= 4 is 29.1 Å². The molecule has 10 heteroatoms. The van der Waals surface area contributed by atoms with E-state index < -0.39 is 35.2 Å². The van der Waals surface area contributed by atoms with Crippen LogP contribution in [0.2, 0.25) is 10.0 Å². The fourth-order valence-corrected chi connectivity index (χ4v) is 5.92. The molecule has 2 aromatic carbocycles. The number of halogens is 4. The zero-order valence-corrected chi connectivity index (χ0v) is 23.7. The molecule has 0 unspecified atom stereocenters. The highest BCUT2D eigenvalue weighted by Gasteiger charge is 2.57. The van der Waals surface area contributed by atoms with Gasteiger partial charge in [0.2, 0.25) is 5.91 Å². The van der Waals surface area contributed by atoms with Gasteiger partial charge in [0.05, 0.1) is 29.8 Å². The summed E-state index contributed by atoms with van der Waals surface area (Å²) in [5.74, 6) is -1.99. The zero-order valence-electron chi connectivity index (χ0n) is 22.2. The first-order valence-electron chi connectivity index (χ1n) is 12.7. The van der Waals surface area contributed by atoms with Crippen LogP contribution >= 0.6 is 23.2 Å². The van der Waals surface area contributed by atoms with Gasteiger partial charge in [-0.2, -0.15) is 0 Å². The maximum Gasteiger partial charge on any atom is 0.234 e. The SMILES string of the molecule is CN[C@@]1(c2ccc(Cl)cc2F)[C@@H](c2cccc(Cl)c2F)CN(CC(=O)NCC[C@H](O)CO)[C@H]1CC(C)(C)C. The molecule has 0 radical (unpaired) electrons. The van der Waals surface area contributed by atoms with Crippen molar-refractivity contribution in [1.29, 1.82) is 0 Å². The Balaban J connectivity index is 2.13. The van der Waals surface area contributed by atoms with Gasteiger partial charge in [0, 0.05) is 35.6 Å². The van der Waals surface area contributed by atoms with E-state index in [1.165, 1.54) is 12.1 Å².